The van der Waals surface area contributed by atoms with Gasteiger partial charge in [-0.1, -0.05) is 29.8 Å². The highest BCUT2D eigenvalue weighted by Gasteiger charge is 2.31. The molecule has 0 saturated carbocycles. The molecular formula is C26H25ClN4O9S. The number of carbonyl (C=O) groups is 2. The van der Waals surface area contributed by atoms with Gasteiger partial charge in [-0.3, -0.25) is 19.2 Å². The van der Waals surface area contributed by atoms with Crippen LogP contribution in [0.4, 0.5) is 11.4 Å². The number of hydrogen-bond acceptors (Lipinski definition) is 10. The molecule has 216 valence electrons. The van der Waals surface area contributed by atoms with Crippen molar-refractivity contribution in [2.45, 2.75) is 11.8 Å². The van der Waals surface area contributed by atoms with Gasteiger partial charge in [0.15, 0.2) is 6.61 Å². The summed E-state index contributed by atoms with van der Waals surface area (Å²) in [6.07, 6.45) is 1.28. The van der Waals surface area contributed by atoms with E-state index in [0.717, 1.165) is 10.4 Å². The maximum Gasteiger partial charge on any atom is 0.343 e. The number of hydrazone groups is 1. The summed E-state index contributed by atoms with van der Waals surface area (Å²) in [5, 5.41) is 15.5. The summed E-state index contributed by atoms with van der Waals surface area (Å²) in [6, 6.07) is 14.0. The summed E-state index contributed by atoms with van der Waals surface area (Å²) in [6.45, 7) is 0.397. The Morgan fingerprint density at radius 1 is 1.12 bits per heavy atom. The number of esters is 1. The first-order chi connectivity index (χ1) is 19.5. The molecule has 0 heterocycles. The molecular weight excluding hydrogens is 580 g/mol. The molecule has 0 fully saturated rings. The second-order valence-corrected chi connectivity index (χ2v) is 10.6. The maximum atomic E-state index is 13.7. The van der Waals surface area contributed by atoms with Gasteiger partial charge < -0.3 is 14.2 Å². The van der Waals surface area contributed by atoms with E-state index in [4.69, 9.17) is 21.1 Å². The fourth-order valence-corrected chi connectivity index (χ4v) is 5.07. The number of nitrogens with zero attached hydrogens (tertiary/aromatic N) is 3. The Balaban J connectivity index is 1.89. The van der Waals surface area contributed by atoms with Gasteiger partial charge in [-0.05, 0) is 48.9 Å². The number of anilines is 1. The monoisotopic (exact) mass is 604 g/mol. The molecule has 13 nitrogen and oxygen atoms in total. The third-order valence-electron chi connectivity index (χ3n) is 5.51. The molecule has 0 saturated heterocycles. The minimum atomic E-state index is -4.55. The highest BCUT2D eigenvalue weighted by molar-refractivity contribution is 7.92. The Bertz CT molecular complexity index is 1600. The molecule has 15 heteroatoms. The zero-order valence-corrected chi connectivity index (χ0v) is 23.6. The molecule has 0 atom stereocenters. The van der Waals surface area contributed by atoms with Crippen molar-refractivity contribution < 1.29 is 37.1 Å². The van der Waals surface area contributed by atoms with Gasteiger partial charge >= 0.3 is 5.97 Å². The number of carbonyl (C=O) groups excluding carboxylic acids is 2. The lowest BCUT2D eigenvalue weighted by Crippen LogP contribution is -2.39. The van der Waals surface area contributed by atoms with E-state index in [1.807, 2.05) is 0 Å². The number of nitrogens with one attached hydrogen (secondary N) is 1. The molecule has 3 aromatic rings. The number of rotatable bonds is 12. The predicted molar refractivity (Wildman–Crippen MR) is 150 cm³/mol. The molecule has 0 bridgehead atoms. The zero-order valence-electron chi connectivity index (χ0n) is 22.1. The third-order valence-corrected chi connectivity index (χ3v) is 7.50. The number of methoxy groups -OCH3 is 2. The summed E-state index contributed by atoms with van der Waals surface area (Å²) in [5.74, 6) is -0.971. The molecule has 0 aliphatic heterocycles. The number of amides is 1. The van der Waals surface area contributed by atoms with E-state index in [1.54, 1.807) is 24.3 Å². The molecule has 0 unspecified atom stereocenters. The molecule has 3 rings (SSSR count). The van der Waals surface area contributed by atoms with Crippen molar-refractivity contribution in [3.63, 3.8) is 0 Å². The molecule has 41 heavy (non-hydrogen) atoms. The van der Waals surface area contributed by atoms with E-state index >= 15 is 0 Å². The van der Waals surface area contributed by atoms with Crippen molar-refractivity contribution in [2.24, 2.45) is 5.10 Å². The SMILES string of the molecule is COC(=O)COc1cccc(C=NNC(=O)CN(c2cc(Cl)ccc2OC)S(=O)(=O)c2ccc(C)c([N+](=O)[O-])c2)c1. The van der Waals surface area contributed by atoms with E-state index in [1.165, 1.54) is 57.7 Å². The number of sulfonamides is 1. The number of benzene rings is 3. The van der Waals surface area contributed by atoms with Gasteiger partial charge in [-0.2, -0.15) is 5.10 Å². The smallest absolute Gasteiger partial charge is 0.343 e. The number of hydrogen-bond donors (Lipinski definition) is 1. The van der Waals surface area contributed by atoms with Gasteiger partial charge in [-0.25, -0.2) is 18.6 Å². The summed E-state index contributed by atoms with van der Waals surface area (Å²) in [7, 11) is -2.01. The second-order valence-electron chi connectivity index (χ2n) is 8.26. The van der Waals surface area contributed by atoms with Crippen LogP contribution in [0.15, 0.2) is 70.7 Å². The van der Waals surface area contributed by atoms with Gasteiger partial charge in [0.05, 0.1) is 35.9 Å². The first kappa shape index (κ1) is 30.8. The maximum absolute atomic E-state index is 13.7. The van der Waals surface area contributed by atoms with Crippen molar-refractivity contribution >= 4 is 51.1 Å². The van der Waals surface area contributed by atoms with Gasteiger partial charge in [0.2, 0.25) is 0 Å². The second kappa shape index (κ2) is 13.6. The lowest BCUT2D eigenvalue weighted by atomic mass is 10.2. The lowest BCUT2D eigenvalue weighted by Gasteiger charge is -2.25. The number of aryl methyl sites for hydroxylation is 1. The Kier molecular flexibility index (Phi) is 10.2. The van der Waals surface area contributed by atoms with Crippen molar-refractivity contribution in [1.29, 1.82) is 0 Å². The molecule has 1 N–H and O–H groups in total. The van der Waals surface area contributed by atoms with E-state index < -0.39 is 44.0 Å². The minimum absolute atomic E-state index is 0.0715. The highest BCUT2D eigenvalue weighted by atomic mass is 35.5. The quantitative estimate of drug-likeness (QED) is 0.141. The largest absolute Gasteiger partial charge is 0.495 e. The number of nitro groups is 1. The number of halogens is 1. The van der Waals surface area contributed by atoms with Crippen LogP contribution in [0.25, 0.3) is 0 Å². The zero-order chi connectivity index (χ0) is 30.2. The normalized spacial score (nSPS) is 11.1. The van der Waals surface area contributed by atoms with E-state index in [-0.39, 0.29) is 28.6 Å². The van der Waals surface area contributed by atoms with Crippen LogP contribution in [0.2, 0.25) is 5.02 Å². The van der Waals surface area contributed by atoms with Crippen LogP contribution in [0.5, 0.6) is 11.5 Å². The van der Waals surface area contributed by atoms with Gasteiger partial charge in [0.1, 0.15) is 18.0 Å². The van der Waals surface area contributed by atoms with Gasteiger partial charge in [0, 0.05) is 16.7 Å². The Morgan fingerprint density at radius 2 is 1.88 bits per heavy atom. The van der Waals surface area contributed by atoms with E-state index in [2.05, 4.69) is 15.3 Å². The summed E-state index contributed by atoms with van der Waals surface area (Å²) >= 11 is 6.12. The van der Waals surface area contributed by atoms with Gasteiger partial charge in [-0.15, -0.1) is 0 Å². The first-order valence-corrected chi connectivity index (χ1v) is 13.5. The molecule has 0 aliphatic rings. The van der Waals surface area contributed by atoms with Crippen LogP contribution >= 0.6 is 11.6 Å². The summed E-state index contributed by atoms with van der Waals surface area (Å²) < 4.78 is 43.3. The van der Waals surface area contributed by atoms with Crippen molar-refractivity contribution in [1.82, 2.24) is 5.43 Å². The van der Waals surface area contributed by atoms with Gasteiger partial charge in [0.25, 0.3) is 21.6 Å². The molecule has 1 amide bonds. The van der Waals surface area contributed by atoms with Crippen LogP contribution < -0.4 is 19.2 Å². The summed E-state index contributed by atoms with van der Waals surface area (Å²) in [4.78, 5) is 34.5. The fraction of sp³-hybridized carbons (Fsp3) is 0.192. The molecule has 0 aromatic heterocycles. The standard InChI is InChI=1S/C26H25ClN4O9S/c1-17-7-9-21(13-22(17)31(34)35)41(36,37)30(23-12-19(27)8-10-24(23)38-2)15-25(32)29-28-14-18-5-4-6-20(11-18)40-16-26(33)39-3/h4-14H,15-16H2,1-3H3,(H,29,32). The van der Waals surface area contributed by atoms with Crippen LogP contribution in [0.1, 0.15) is 11.1 Å². The number of ether oxygens (including phenoxy) is 3. The molecule has 0 aliphatic carbocycles. The predicted octanol–water partition coefficient (Wildman–Crippen LogP) is 3.46. The average Bonchev–Trinajstić information content (AvgIpc) is 2.94. The van der Waals surface area contributed by atoms with E-state index in [9.17, 15) is 28.1 Å². The summed E-state index contributed by atoms with van der Waals surface area (Å²) in [5.41, 5.74) is 2.53. The van der Waals surface area contributed by atoms with Crippen LogP contribution in [-0.2, 0) is 24.3 Å². The van der Waals surface area contributed by atoms with Crippen LogP contribution in [0.3, 0.4) is 0 Å². The minimum Gasteiger partial charge on any atom is -0.495 e. The Morgan fingerprint density at radius 3 is 2.56 bits per heavy atom. The average molecular weight is 605 g/mol. The first-order valence-electron chi connectivity index (χ1n) is 11.7. The van der Waals surface area contributed by atoms with Crippen molar-refractivity contribution in [2.75, 3.05) is 31.7 Å². The Labute approximate surface area is 240 Å². The molecule has 3 aromatic carbocycles. The molecule has 0 spiro atoms. The lowest BCUT2D eigenvalue weighted by molar-refractivity contribution is -0.385. The number of nitro benzene ring substituents is 1. The van der Waals surface area contributed by atoms with Crippen LogP contribution in [0, 0.1) is 17.0 Å². The highest BCUT2D eigenvalue weighted by Crippen LogP contribution is 2.35. The van der Waals surface area contributed by atoms with E-state index in [0.29, 0.717) is 11.3 Å². The Hall–Kier alpha value is -4.69. The van der Waals surface area contributed by atoms with Crippen LogP contribution in [-0.4, -0.2) is 58.8 Å². The fourth-order valence-electron chi connectivity index (χ4n) is 3.46. The topological polar surface area (TPSA) is 167 Å². The van der Waals surface area contributed by atoms with Crippen molar-refractivity contribution in [3.8, 4) is 11.5 Å². The van der Waals surface area contributed by atoms with Crippen molar-refractivity contribution in [3.05, 3.63) is 86.9 Å². The molecule has 0 radical (unpaired) electrons. The third kappa shape index (κ3) is 7.93.